The second-order valence-electron chi connectivity index (χ2n) is 12.5. The number of anilines is 1. The SMILES string of the molecule is CC1CN(c2c(CO[Si](c3ccccc3)(c3ccccc3)C(C)(C)C)cc(C(N=O)C(=O)N(C)C)c(F)c2F)CC(C)O1. The zero-order valence-corrected chi connectivity index (χ0v) is 26.9. The highest BCUT2D eigenvalue weighted by atomic mass is 28.4. The fraction of sp³-hybridized carbons (Fsp3) is 0.424. The van der Waals surface area contributed by atoms with Crippen molar-refractivity contribution >= 4 is 30.3 Å². The number of morpholine rings is 1. The summed E-state index contributed by atoms with van der Waals surface area (Å²) >= 11 is 0. The molecule has 1 aliphatic heterocycles. The van der Waals surface area contributed by atoms with Crippen molar-refractivity contribution in [2.24, 2.45) is 5.18 Å². The molecule has 3 aromatic rings. The van der Waals surface area contributed by atoms with Crippen LogP contribution in [0.15, 0.2) is 71.9 Å². The van der Waals surface area contributed by atoms with E-state index in [0.29, 0.717) is 18.7 Å². The number of likely N-dealkylation sites (N-methyl/N-ethyl adjacent to an activating group) is 1. The van der Waals surface area contributed by atoms with E-state index < -0.39 is 37.5 Å². The molecular weight excluding hydrogens is 568 g/mol. The fourth-order valence-corrected chi connectivity index (χ4v) is 10.7. The lowest BCUT2D eigenvalue weighted by atomic mass is 9.99. The summed E-state index contributed by atoms with van der Waals surface area (Å²) in [6, 6.07) is 19.6. The van der Waals surface area contributed by atoms with Crippen LogP contribution in [0.4, 0.5) is 14.5 Å². The summed E-state index contributed by atoms with van der Waals surface area (Å²) in [4.78, 5) is 27.6. The molecule has 1 heterocycles. The van der Waals surface area contributed by atoms with E-state index in [9.17, 15) is 9.70 Å². The van der Waals surface area contributed by atoms with E-state index >= 15 is 8.78 Å². The van der Waals surface area contributed by atoms with Crippen molar-refractivity contribution in [3.05, 3.63) is 94.4 Å². The number of hydrogen-bond donors (Lipinski definition) is 0. The summed E-state index contributed by atoms with van der Waals surface area (Å²) in [5.74, 6) is -3.15. The van der Waals surface area contributed by atoms with Crippen LogP contribution in [0.3, 0.4) is 0 Å². The Morgan fingerprint density at radius 1 is 1.00 bits per heavy atom. The molecule has 0 bridgehead atoms. The minimum absolute atomic E-state index is 0.0446. The molecular formula is C33H41F2N3O4Si. The Balaban J connectivity index is 1.93. The summed E-state index contributed by atoms with van der Waals surface area (Å²) in [7, 11) is -0.200. The van der Waals surface area contributed by atoms with Gasteiger partial charge in [-0.05, 0) is 35.3 Å². The molecule has 3 aromatic carbocycles. The number of nitroso groups, excluding NO2 is 1. The Morgan fingerprint density at radius 3 is 1.95 bits per heavy atom. The van der Waals surface area contributed by atoms with Gasteiger partial charge in [0.05, 0.1) is 24.5 Å². The molecule has 3 atom stereocenters. The molecule has 1 fully saturated rings. The van der Waals surface area contributed by atoms with Crippen molar-refractivity contribution in [1.82, 2.24) is 4.90 Å². The zero-order valence-electron chi connectivity index (χ0n) is 25.9. The van der Waals surface area contributed by atoms with Crippen LogP contribution in [-0.4, -0.2) is 58.5 Å². The van der Waals surface area contributed by atoms with Gasteiger partial charge in [-0.25, -0.2) is 8.78 Å². The van der Waals surface area contributed by atoms with Gasteiger partial charge in [0, 0.05) is 38.3 Å². The third-order valence-corrected chi connectivity index (χ3v) is 12.9. The highest BCUT2D eigenvalue weighted by Gasteiger charge is 2.50. The second kappa shape index (κ2) is 13.0. The van der Waals surface area contributed by atoms with Crippen molar-refractivity contribution in [3.8, 4) is 0 Å². The molecule has 1 amide bonds. The average molecular weight is 610 g/mol. The van der Waals surface area contributed by atoms with Gasteiger partial charge in [0.25, 0.3) is 14.2 Å². The third kappa shape index (κ3) is 6.41. The number of amides is 1. The number of carbonyl (C=O) groups excluding carboxylic acids is 1. The fourth-order valence-electron chi connectivity index (χ4n) is 6.13. The highest BCUT2D eigenvalue weighted by Crippen LogP contribution is 2.40. The lowest BCUT2D eigenvalue weighted by molar-refractivity contribution is -0.130. The summed E-state index contributed by atoms with van der Waals surface area (Å²) < 4.78 is 45.0. The molecule has 1 aliphatic rings. The Bertz CT molecular complexity index is 1380. The molecule has 0 saturated carbocycles. The van der Waals surface area contributed by atoms with Crippen LogP contribution in [0.25, 0.3) is 0 Å². The molecule has 3 unspecified atom stereocenters. The van der Waals surface area contributed by atoms with Crippen molar-refractivity contribution in [1.29, 1.82) is 0 Å². The van der Waals surface area contributed by atoms with Crippen LogP contribution in [-0.2, 0) is 20.6 Å². The Morgan fingerprint density at radius 2 is 1.51 bits per heavy atom. The second-order valence-corrected chi connectivity index (χ2v) is 16.8. The molecule has 0 radical (unpaired) electrons. The summed E-state index contributed by atoms with van der Waals surface area (Å²) in [5, 5.41) is 4.61. The third-order valence-electron chi connectivity index (χ3n) is 7.96. The predicted molar refractivity (Wildman–Crippen MR) is 168 cm³/mol. The summed E-state index contributed by atoms with van der Waals surface area (Å²) in [6.45, 7) is 10.7. The number of nitrogens with zero attached hydrogens (tertiary/aromatic N) is 3. The van der Waals surface area contributed by atoms with Gasteiger partial charge in [-0.2, -0.15) is 0 Å². The van der Waals surface area contributed by atoms with E-state index in [4.69, 9.17) is 9.16 Å². The lowest BCUT2D eigenvalue weighted by Crippen LogP contribution is -2.66. The van der Waals surface area contributed by atoms with Gasteiger partial charge in [0.2, 0.25) is 0 Å². The van der Waals surface area contributed by atoms with Crippen molar-refractivity contribution in [2.45, 2.75) is 64.5 Å². The first kappa shape index (κ1) is 32.4. The van der Waals surface area contributed by atoms with Crippen LogP contribution < -0.4 is 15.3 Å². The maximum absolute atomic E-state index is 16.3. The normalized spacial score (nSPS) is 18.3. The average Bonchev–Trinajstić information content (AvgIpc) is 2.96. The van der Waals surface area contributed by atoms with Gasteiger partial charge in [0.1, 0.15) is 0 Å². The summed E-state index contributed by atoms with van der Waals surface area (Å²) in [6.07, 6.45) is -0.452. The van der Waals surface area contributed by atoms with Crippen LogP contribution in [0, 0.1) is 16.5 Å². The van der Waals surface area contributed by atoms with Crippen LogP contribution >= 0.6 is 0 Å². The minimum Gasteiger partial charge on any atom is -0.403 e. The predicted octanol–water partition coefficient (Wildman–Crippen LogP) is 5.55. The molecule has 7 nitrogen and oxygen atoms in total. The molecule has 230 valence electrons. The number of halogens is 2. The van der Waals surface area contributed by atoms with E-state index in [2.05, 4.69) is 50.2 Å². The Kier molecular flexibility index (Phi) is 9.83. The topological polar surface area (TPSA) is 71.4 Å². The van der Waals surface area contributed by atoms with Gasteiger partial charge in [0.15, 0.2) is 17.7 Å². The Labute approximate surface area is 253 Å². The molecule has 1 saturated heterocycles. The smallest absolute Gasteiger partial charge is 0.261 e. The molecule has 0 aliphatic carbocycles. The first-order valence-electron chi connectivity index (χ1n) is 14.5. The van der Waals surface area contributed by atoms with Crippen molar-refractivity contribution in [3.63, 3.8) is 0 Å². The molecule has 43 heavy (non-hydrogen) atoms. The van der Waals surface area contributed by atoms with E-state index in [1.807, 2.05) is 50.2 Å². The minimum atomic E-state index is -3.07. The maximum Gasteiger partial charge on any atom is 0.261 e. The van der Waals surface area contributed by atoms with E-state index in [0.717, 1.165) is 15.3 Å². The van der Waals surface area contributed by atoms with E-state index in [1.165, 1.54) is 20.2 Å². The van der Waals surface area contributed by atoms with Crippen molar-refractivity contribution in [2.75, 3.05) is 32.1 Å². The first-order chi connectivity index (χ1) is 20.3. The molecule has 0 aromatic heterocycles. The number of carbonyl (C=O) groups is 1. The van der Waals surface area contributed by atoms with Crippen LogP contribution in [0.5, 0.6) is 0 Å². The number of benzene rings is 3. The van der Waals surface area contributed by atoms with Gasteiger partial charge >= 0.3 is 0 Å². The molecule has 0 N–H and O–H groups in total. The quantitative estimate of drug-likeness (QED) is 0.235. The largest absolute Gasteiger partial charge is 0.403 e. The highest BCUT2D eigenvalue weighted by molar-refractivity contribution is 6.99. The van der Waals surface area contributed by atoms with Gasteiger partial charge in [-0.15, -0.1) is 4.91 Å². The Hall–Kier alpha value is -3.47. The first-order valence-corrected chi connectivity index (χ1v) is 16.4. The standard InChI is InChI=1S/C33H41F2N3O4Si/c1-22-19-38(20-23(2)42-22)31-24(18-27(28(34)29(31)35)30(36-40)32(39)37(6)7)21-41-43(33(3,4)5,25-14-10-8-11-15-25)26-16-12-9-13-17-26/h8-18,22-23,30H,19-21H2,1-7H3. The van der Waals surface area contributed by atoms with Gasteiger partial charge in [-0.1, -0.05) is 86.6 Å². The number of ether oxygens (including phenoxy) is 1. The van der Waals surface area contributed by atoms with E-state index in [-0.39, 0.29) is 29.5 Å². The molecule has 10 heteroatoms. The maximum atomic E-state index is 16.3. The lowest BCUT2D eigenvalue weighted by Gasteiger charge is -2.43. The monoisotopic (exact) mass is 609 g/mol. The number of hydrogen-bond acceptors (Lipinski definition) is 6. The van der Waals surface area contributed by atoms with Crippen LogP contribution in [0.1, 0.15) is 51.8 Å². The van der Waals surface area contributed by atoms with Crippen LogP contribution in [0.2, 0.25) is 5.04 Å². The number of rotatable bonds is 9. The van der Waals surface area contributed by atoms with Gasteiger partial charge < -0.3 is 19.0 Å². The zero-order chi connectivity index (χ0) is 31.5. The van der Waals surface area contributed by atoms with E-state index in [1.54, 1.807) is 4.90 Å². The summed E-state index contributed by atoms with van der Waals surface area (Å²) in [5.41, 5.74) is -0.0307. The van der Waals surface area contributed by atoms with Crippen molar-refractivity contribution < 1.29 is 22.7 Å². The molecule has 4 rings (SSSR count). The molecule has 0 spiro atoms. The van der Waals surface area contributed by atoms with Gasteiger partial charge in [-0.3, -0.25) is 4.79 Å².